The zero-order valence-corrected chi connectivity index (χ0v) is 15.0. The number of hydrogen-bond acceptors (Lipinski definition) is 3. The average Bonchev–Trinajstić information content (AvgIpc) is 2.64. The van der Waals surface area contributed by atoms with E-state index in [-0.39, 0.29) is 17.9 Å². The fourth-order valence-electron chi connectivity index (χ4n) is 2.67. The maximum Gasteiger partial charge on any atom is 0.266 e. The van der Waals surface area contributed by atoms with E-state index in [1.54, 1.807) is 12.1 Å². The fraction of sp³-hybridized carbons (Fsp3) is 0.190. The number of halogens is 1. The average molecular weight is 365 g/mol. The lowest BCUT2D eigenvalue weighted by Crippen LogP contribution is -2.23. The standard InChI is InChI=1S/C21H20FN3O2/c1-15-7-9-16(10-8-15)19-11-12-21(27)25(24-19)13-3-6-20(26)23-18-5-2-4-17(22)14-18/h2,4-5,7-12,14H,3,6,13H2,1H3,(H,23,26). The first-order valence-electron chi connectivity index (χ1n) is 8.72. The molecule has 1 amide bonds. The summed E-state index contributed by atoms with van der Waals surface area (Å²) in [6.07, 6.45) is 0.658. The zero-order chi connectivity index (χ0) is 19.2. The van der Waals surface area contributed by atoms with Crippen LogP contribution in [0.15, 0.2) is 65.5 Å². The van der Waals surface area contributed by atoms with Crippen LogP contribution in [0.25, 0.3) is 11.3 Å². The Morgan fingerprint density at radius 1 is 1.11 bits per heavy atom. The highest BCUT2D eigenvalue weighted by atomic mass is 19.1. The maximum atomic E-state index is 13.1. The molecule has 27 heavy (non-hydrogen) atoms. The Morgan fingerprint density at radius 3 is 2.63 bits per heavy atom. The van der Waals surface area contributed by atoms with Gasteiger partial charge in [0.05, 0.1) is 5.69 Å². The van der Waals surface area contributed by atoms with E-state index in [0.717, 1.165) is 11.1 Å². The highest BCUT2D eigenvalue weighted by Crippen LogP contribution is 2.16. The van der Waals surface area contributed by atoms with Crippen LogP contribution in [0.2, 0.25) is 0 Å². The molecule has 5 nitrogen and oxygen atoms in total. The van der Waals surface area contributed by atoms with E-state index in [4.69, 9.17) is 0 Å². The summed E-state index contributed by atoms with van der Waals surface area (Å²) in [4.78, 5) is 24.0. The summed E-state index contributed by atoms with van der Waals surface area (Å²) in [7, 11) is 0. The molecule has 1 aromatic heterocycles. The molecule has 0 saturated heterocycles. The van der Waals surface area contributed by atoms with Gasteiger partial charge in [0, 0.05) is 30.3 Å². The highest BCUT2D eigenvalue weighted by molar-refractivity contribution is 5.90. The third-order valence-electron chi connectivity index (χ3n) is 4.10. The van der Waals surface area contributed by atoms with E-state index in [1.165, 1.54) is 28.9 Å². The molecule has 0 radical (unpaired) electrons. The SMILES string of the molecule is Cc1ccc(-c2ccc(=O)n(CCCC(=O)Nc3cccc(F)c3)n2)cc1. The van der Waals surface area contributed by atoms with Gasteiger partial charge >= 0.3 is 0 Å². The molecule has 1 N–H and O–H groups in total. The van der Waals surface area contributed by atoms with Gasteiger partial charge in [0.2, 0.25) is 5.91 Å². The van der Waals surface area contributed by atoms with Crippen molar-refractivity contribution in [2.75, 3.05) is 5.32 Å². The van der Waals surface area contributed by atoms with Gasteiger partial charge < -0.3 is 5.32 Å². The topological polar surface area (TPSA) is 64.0 Å². The Balaban J connectivity index is 1.60. The van der Waals surface area contributed by atoms with Crippen LogP contribution in [-0.4, -0.2) is 15.7 Å². The first kappa shape index (κ1) is 18.5. The molecule has 0 aliphatic carbocycles. The van der Waals surface area contributed by atoms with Gasteiger partial charge in [-0.25, -0.2) is 9.07 Å². The van der Waals surface area contributed by atoms with E-state index < -0.39 is 5.82 Å². The molecule has 0 spiro atoms. The molecule has 3 aromatic rings. The van der Waals surface area contributed by atoms with Crippen molar-refractivity contribution in [1.82, 2.24) is 9.78 Å². The monoisotopic (exact) mass is 365 g/mol. The van der Waals surface area contributed by atoms with E-state index in [1.807, 2.05) is 31.2 Å². The summed E-state index contributed by atoms with van der Waals surface area (Å²) >= 11 is 0. The molecule has 0 fully saturated rings. The van der Waals surface area contributed by atoms with Crippen molar-refractivity contribution < 1.29 is 9.18 Å². The summed E-state index contributed by atoms with van der Waals surface area (Å²) in [5.41, 5.74) is 2.99. The third kappa shape index (κ3) is 5.10. The van der Waals surface area contributed by atoms with Gasteiger partial charge in [-0.2, -0.15) is 5.10 Å². The van der Waals surface area contributed by atoms with Crippen molar-refractivity contribution in [3.8, 4) is 11.3 Å². The normalized spacial score (nSPS) is 10.6. The number of hydrogen-bond donors (Lipinski definition) is 1. The number of carbonyl (C=O) groups is 1. The first-order valence-corrected chi connectivity index (χ1v) is 8.72. The second kappa shape index (κ2) is 8.40. The van der Waals surface area contributed by atoms with Crippen LogP contribution in [0.5, 0.6) is 0 Å². The second-order valence-corrected chi connectivity index (χ2v) is 6.31. The summed E-state index contributed by atoms with van der Waals surface area (Å²) < 4.78 is 14.5. The number of aromatic nitrogens is 2. The summed E-state index contributed by atoms with van der Waals surface area (Å²) in [5.74, 6) is -0.639. The minimum atomic E-state index is -0.406. The van der Waals surface area contributed by atoms with E-state index >= 15 is 0 Å². The number of nitrogens with one attached hydrogen (secondary N) is 1. The van der Waals surface area contributed by atoms with Gasteiger partial charge in [-0.3, -0.25) is 9.59 Å². The molecular formula is C21H20FN3O2. The van der Waals surface area contributed by atoms with Gasteiger partial charge in [-0.1, -0.05) is 35.9 Å². The third-order valence-corrected chi connectivity index (χ3v) is 4.10. The minimum Gasteiger partial charge on any atom is -0.326 e. The zero-order valence-electron chi connectivity index (χ0n) is 15.0. The Kier molecular flexibility index (Phi) is 5.76. The van der Waals surface area contributed by atoms with Crippen LogP contribution in [0.3, 0.4) is 0 Å². The van der Waals surface area contributed by atoms with Crippen LogP contribution < -0.4 is 10.9 Å². The van der Waals surface area contributed by atoms with E-state index in [9.17, 15) is 14.0 Å². The molecular weight excluding hydrogens is 345 g/mol. The fourth-order valence-corrected chi connectivity index (χ4v) is 2.67. The summed E-state index contributed by atoms with van der Waals surface area (Å²) in [6.45, 7) is 2.34. The minimum absolute atomic E-state index is 0.208. The lowest BCUT2D eigenvalue weighted by Gasteiger charge is -2.08. The largest absolute Gasteiger partial charge is 0.326 e. The molecule has 2 aromatic carbocycles. The van der Waals surface area contributed by atoms with Crippen LogP contribution in [-0.2, 0) is 11.3 Å². The van der Waals surface area contributed by atoms with E-state index in [2.05, 4.69) is 10.4 Å². The maximum absolute atomic E-state index is 13.1. The molecule has 6 heteroatoms. The van der Waals surface area contributed by atoms with Gasteiger partial charge in [-0.05, 0) is 37.6 Å². The molecule has 138 valence electrons. The van der Waals surface area contributed by atoms with Crippen LogP contribution in [0.1, 0.15) is 18.4 Å². The van der Waals surface area contributed by atoms with Gasteiger partial charge in [0.15, 0.2) is 0 Å². The predicted molar refractivity (Wildman–Crippen MR) is 103 cm³/mol. The van der Waals surface area contributed by atoms with Crippen LogP contribution in [0.4, 0.5) is 10.1 Å². The molecule has 0 unspecified atom stereocenters. The first-order chi connectivity index (χ1) is 13.0. The van der Waals surface area contributed by atoms with Gasteiger partial charge in [0.1, 0.15) is 5.82 Å². The molecule has 0 saturated carbocycles. The lowest BCUT2D eigenvalue weighted by atomic mass is 10.1. The highest BCUT2D eigenvalue weighted by Gasteiger charge is 2.06. The summed E-state index contributed by atoms with van der Waals surface area (Å²) in [6, 6.07) is 16.8. The number of anilines is 1. The Hall–Kier alpha value is -3.28. The van der Waals surface area contributed by atoms with Crippen LogP contribution in [0, 0.1) is 12.7 Å². The van der Waals surface area contributed by atoms with Gasteiger partial charge in [0.25, 0.3) is 5.56 Å². The molecule has 3 rings (SSSR count). The van der Waals surface area contributed by atoms with E-state index in [0.29, 0.717) is 24.3 Å². The lowest BCUT2D eigenvalue weighted by molar-refractivity contribution is -0.116. The number of rotatable bonds is 6. The van der Waals surface area contributed by atoms with Crippen molar-refractivity contribution >= 4 is 11.6 Å². The smallest absolute Gasteiger partial charge is 0.266 e. The van der Waals surface area contributed by atoms with Crippen molar-refractivity contribution in [2.24, 2.45) is 0 Å². The summed E-state index contributed by atoms with van der Waals surface area (Å²) in [5, 5.41) is 7.03. The Morgan fingerprint density at radius 2 is 1.89 bits per heavy atom. The number of carbonyl (C=O) groups excluding carboxylic acids is 1. The Labute approximate surface area is 156 Å². The predicted octanol–water partition coefficient (Wildman–Crippen LogP) is 3.78. The molecule has 0 atom stereocenters. The van der Waals surface area contributed by atoms with Crippen molar-refractivity contribution in [3.05, 3.63) is 82.4 Å². The number of aryl methyl sites for hydroxylation is 2. The number of amides is 1. The quantitative estimate of drug-likeness (QED) is 0.723. The van der Waals surface area contributed by atoms with Gasteiger partial charge in [-0.15, -0.1) is 0 Å². The second-order valence-electron chi connectivity index (χ2n) is 6.31. The Bertz CT molecular complexity index is 997. The molecule has 0 aliphatic heterocycles. The molecule has 0 aliphatic rings. The number of benzene rings is 2. The van der Waals surface area contributed by atoms with Crippen molar-refractivity contribution in [1.29, 1.82) is 0 Å². The molecule has 1 heterocycles. The van der Waals surface area contributed by atoms with Crippen LogP contribution >= 0.6 is 0 Å². The van der Waals surface area contributed by atoms with Crippen molar-refractivity contribution in [2.45, 2.75) is 26.3 Å². The molecule has 0 bridgehead atoms. The number of nitrogens with zero attached hydrogens (tertiary/aromatic N) is 2. The van der Waals surface area contributed by atoms with Crippen molar-refractivity contribution in [3.63, 3.8) is 0 Å².